The van der Waals surface area contributed by atoms with E-state index in [0.29, 0.717) is 0 Å². The summed E-state index contributed by atoms with van der Waals surface area (Å²) < 4.78 is 31.8. The van der Waals surface area contributed by atoms with E-state index in [1.165, 1.54) is 24.3 Å². The van der Waals surface area contributed by atoms with Crippen molar-refractivity contribution in [1.29, 1.82) is 0 Å². The van der Waals surface area contributed by atoms with E-state index in [1.807, 2.05) is 0 Å². The van der Waals surface area contributed by atoms with E-state index < -0.39 is 54.9 Å². The number of ketones is 2. The van der Waals surface area contributed by atoms with Crippen LogP contribution in [0.2, 0.25) is 0 Å². The first-order valence-electron chi connectivity index (χ1n) is 6.19. The molecular weight excluding hydrogens is 349 g/mol. The van der Waals surface area contributed by atoms with E-state index in [0.717, 1.165) is 0 Å². The Bertz CT molecular complexity index is 1010. The number of carbonyl (C=O) groups excluding carboxylic acids is 2. The summed E-state index contributed by atoms with van der Waals surface area (Å²) in [6.07, 6.45) is 0. The number of phenolic OH excluding ortho intramolecular Hbond substituents is 2. The fourth-order valence-corrected chi connectivity index (χ4v) is 3.27. The van der Waals surface area contributed by atoms with E-state index in [-0.39, 0.29) is 40.7 Å². The van der Waals surface area contributed by atoms with Gasteiger partial charge in [0, 0.05) is 11.1 Å². The predicted molar refractivity (Wildman–Crippen MR) is 84.5 cm³/mol. The molecule has 1 aliphatic carbocycles. The zero-order valence-corrected chi connectivity index (χ0v) is 12.1. The molecule has 1 aliphatic rings. The minimum atomic E-state index is -5.08. The number of fused-ring (bicyclic) bond motifs is 2. The molecule has 8 nitrogen and oxygen atoms in total. The fourth-order valence-electron chi connectivity index (χ4n) is 2.57. The van der Waals surface area contributed by atoms with Gasteiger partial charge < -0.3 is 15.9 Å². The van der Waals surface area contributed by atoms with Crippen molar-refractivity contribution < 1.29 is 32.8 Å². The van der Waals surface area contributed by atoms with E-state index in [9.17, 15) is 28.2 Å². The predicted octanol–water partition coefficient (Wildman–Crippen LogP) is 0.0536. The SMILES string of the molecule is Nc1c(O)c(S(=O)(=O)O)c(O)c2c1C(=O)c1ccccc1C2=O.[NaH]. The Balaban J connectivity index is 0.00000208. The van der Waals surface area contributed by atoms with E-state index in [2.05, 4.69) is 0 Å². The second-order valence-corrected chi connectivity index (χ2v) is 6.23. The van der Waals surface area contributed by atoms with Gasteiger partial charge in [0.2, 0.25) is 0 Å². The molecule has 0 saturated carbocycles. The molecule has 24 heavy (non-hydrogen) atoms. The van der Waals surface area contributed by atoms with E-state index >= 15 is 0 Å². The van der Waals surface area contributed by atoms with Crippen molar-refractivity contribution in [3.05, 3.63) is 46.5 Å². The average Bonchev–Trinajstić information content (AvgIpc) is 2.47. The maximum absolute atomic E-state index is 12.5. The van der Waals surface area contributed by atoms with Gasteiger partial charge in [-0.25, -0.2) is 0 Å². The molecule has 5 N–H and O–H groups in total. The molecule has 2 aromatic rings. The van der Waals surface area contributed by atoms with Crippen LogP contribution < -0.4 is 5.73 Å². The average molecular weight is 359 g/mol. The zero-order chi connectivity index (χ0) is 17.1. The Hall–Kier alpha value is -1.91. The van der Waals surface area contributed by atoms with Gasteiger partial charge in [0.1, 0.15) is 0 Å². The zero-order valence-electron chi connectivity index (χ0n) is 11.3. The summed E-state index contributed by atoms with van der Waals surface area (Å²) in [6.45, 7) is 0. The van der Waals surface area contributed by atoms with Crippen LogP contribution in [0.1, 0.15) is 31.8 Å². The maximum atomic E-state index is 12.5. The van der Waals surface area contributed by atoms with Crippen molar-refractivity contribution in [3.8, 4) is 11.5 Å². The van der Waals surface area contributed by atoms with Gasteiger partial charge in [-0.2, -0.15) is 8.42 Å². The summed E-state index contributed by atoms with van der Waals surface area (Å²) in [5.74, 6) is -4.00. The molecule has 120 valence electrons. The van der Waals surface area contributed by atoms with Gasteiger partial charge in [-0.05, 0) is 0 Å². The molecule has 0 fully saturated rings. The topological polar surface area (TPSA) is 155 Å². The first-order chi connectivity index (χ1) is 10.7. The van der Waals surface area contributed by atoms with Crippen molar-refractivity contribution in [2.45, 2.75) is 4.90 Å². The normalized spacial score (nSPS) is 13.0. The van der Waals surface area contributed by atoms with Gasteiger partial charge in [-0.3, -0.25) is 14.1 Å². The number of carbonyl (C=O) groups is 2. The number of benzene rings is 2. The third-order valence-electron chi connectivity index (χ3n) is 3.57. The van der Waals surface area contributed by atoms with Crippen molar-refractivity contribution in [2.75, 3.05) is 5.73 Å². The molecule has 0 saturated heterocycles. The number of aromatic hydroxyl groups is 2. The van der Waals surface area contributed by atoms with Gasteiger partial charge in [0.25, 0.3) is 0 Å². The molecule has 0 aliphatic heterocycles. The Morgan fingerprint density at radius 2 is 1.33 bits per heavy atom. The number of hydrogen-bond acceptors (Lipinski definition) is 7. The van der Waals surface area contributed by atoms with Crippen LogP contribution in [0.25, 0.3) is 0 Å². The molecule has 0 heterocycles. The third kappa shape index (κ3) is 2.41. The number of nitrogens with two attached hydrogens (primary N) is 1. The second kappa shape index (κ2) is 5.87. The number of phenols is 2. The third-order valence-corrected chi connectivity index (χ3v) is 4.47. The van der Waals surface area contributed by atoms with Crippen LogP contribution in [-0.4, -0.2) is 64.3 Å². The molecule has 2 aromatic carbocycles. The molecule has 10 heteroatoms. The summed E-state index contributed by atoms with van der Waals surface area (Å²) in [5.41, 5.74) is 3.65. The molecule has 0 atom stereocenters. The van der Waals surface area contributed by atoms with Crippen molar-refractivity contribution >= 4 is 56.9 Å². The van der Waals surface area contributed by atoms with Gasteiger partial charge >= 0.3 is 39.7 Å². The molecule has 0 spiro atoms. The van der Waals surface area contributed by atoms with Gasteiger partial charge in [0.15, 0.2) is 28.0 Å². The Morgan fingerprint density at radius 3 is 1.79 bits per heavy atom. The minimum absolute atomic E-state index is 0. The first-order valence-corrected chi connectivity index (χ1v) is 7.63. The Kier molecular flexibility index (Phi) is 4.51. The standard InChI is InChI=1S/C14H9NO7S.Na.H/c15-9-7-8(12(18)14(13(9)19)23(20,21)22)11(17)6-4-2-1-3-5(6)10(7)16;;/h1-4,18-19H,15H2,(H,20,21,22);;. The van der Waals surface area contributed by atoms with Crippen LogP contribution in [0.15, 0.2) is 29.2 Å². The molecular formula is C14H10NNaO7S. The van der Waals surface area contributed by atoms with Gasteiger partial charge in [-0.1, -0.05) is 24.3 Å². The number of anilines is 1. The summed E-state index contributed by atoms with van der Waals surface area (Å²) in [4.78, 5) is 23.7. The van der Waals surface area contributed by atoms with Crippen LogP contribution in [0, 0.1) is 0 Å². The van der Waals surface area contributed by atoms with Crippen molar-refractivity contribution in [1.82, 2.24) is 0 Å². The quantitative estimate of drug-likeness (QED) is 0.156. The summed E-state index contributed by atoms with van der Waals surface area (Å²) in [6, 6.07) is 5.69. The first kappa shape index (κ1) is 18.4. The van der Waals surface area contributed by atoms with Crippen molar-refractivity contribution in [3.63, 3.8) is 0 Å². The molecule has 0 bridgehead atoms. The summed E-state index contributed by atoms with van der Waals surface area (Å²) in [7, 11) is -5.08. The van der Waals surface area contributed by atoms with Crippen LogP contribution >= 0.6 is 0 Å². The van der Waals surface area contributed by atoms with Crippen LogP contribution in [-0.2, 0) is 10.1 Å². The Morgan fingerprint density at radius 1 is 0.875 bits per heavy atom. The second-order valence-electron chi connectivity index (χ2n) is 4.87. The van der Waals surface area contributed by atoms with Crippen molar-refractivity contribution in [2.24, 2.45) is 0 Å². The molecule has 0 radical (unpaired) electrons. The monoisotopic (exact) mass is 359 g/mol. The van der Waals surface area contributed by atoms with Crippen LogP contribution in [0.3, 0.4) is 0 Å². The Labute approximate surface area is 158 Å². The molecule has 0 amide bonds. The fraction of sp³-hybridized carbons (Fsp3) is 0. The van der Waals surface area contributed by atoms with Gasteiger partial charge in [-0.15, -0.1) is 0 Å². The summed E-state index contributed by atoms with van der Waals surface area (Å²) >= 11 is 0. The number of rotatable bonds is 1. The number of nitrogen functional groups attached to an aromatic ring is 1. The molecule has 0 unspecified atom stereocenters. The van der Waals surface area contributed by atoms with E-state index in [1.54, 1.807) is 0 Å². The van der Waals surface area contributed by atoms with Crippen LogP contribution in [0.4, 0.5) is 5.69 Å². The van der Waals surface area contributed by atoms with Gasteiger partial charge in [0.05, 0.1) is 16.8 Å². The molecule has 3 rings (SSSR count). The number of hydrogen-bond donors (Lipinski definition) is 4. The van der Waals surface area contributed by atoms with E-state index in [4.69, 9.17) is 10.3 Å². The summed E-state index contributed by atoms with van der Waals surface area (Å²) in [5, 5.41) is 19.9. The van der Waals surface area contributed by atoms with Crippen LogP contribution in [0.5, 0.6) is 11.5 Å². The molecule has 0 aromatic heterocycles.